The number of nitrogens with zero attached hydrogens (tertiary/aromatic N) is 1. The summed E-state index contributed by atoms with van der Waals surface area (Å²) in [5.41, 5.74) is 5.52. The van der Waals surface area contributed by atoms with Crippen LogP contribution in [0.25, 0.3) is 0 Å². The third kappa shape index (κ3) is 1.40. The van der Waals surface area contributed by atoms with Gasteiger partial charge >= 0.3 is 0 Å². The zero-order chi connectivity index (χ0) is 13.6. The number of Topliss-reactive ketones (excluding diaryl/α,β-unsaturated/α-hetero) is 1. The molecule has 1 heterocycles. The number of hydrogen-bond acceptors (Lipinski definition) is 3. The maximum atomic E-state index is 12.9. The minimum atomic E-state index is -0.634. The molecule has 0 fully saturated rings. The lowest BCUT2D eigenvalue weighted by molar-refractivity contribution is 0.0875. The van der Waals surface area contributed by atoms with Gasteiger partial charge in [0.25, 0.3) is 0 Å². The quantitative estimate of drug-likeness (QED) is 0.858. The number of rotatable bonds is 1. The molecule has 2 atom stereocenters. The van der Waals surface area contributed by atoms with Crippen molar-refractivity contribution in [2.75, 3.05) is 0 Å². The lowest BCUT2D eigenvalue weighted by Gasteiger charge is -2.28. The number of carbonyl (C=O) groups excluding carboxylic acids is 1. The molecule has 1 aliphatic heterocycles. The molecule has 1 spiro atoms. The van der Waals surface area contributed by atoms with Crippen LogP contribution in [0.4, 0.5) is 0 Å². The molecule has 0 aromatic heterocycles. The van der Waals surface area contributed by atoms with Gasteiger partial charge in [-0.1, -0.05) is 54.6 Å². The van der Waals surface area contributed by atoms with Gasteiger partial charge in [-0.25, -0.2) is 0 Å². The van der Waals surface area contributed by atoms with Gasteiger partial charge in [-0.05, 0) is 11.1 Å². The van der Waals surface area contributed by atoms with Crippen LogP contribution < -0.4 is 5.43 Å². The van der Waals surface area contributed by atoms with E-state index in [2.05, 4.69) is 22.7 Å². The van der Waals surface area contributed by atoms with Crippen LogP contribution in [0.5, 0.6) is 0 Å². The summed E-state index contributed by atoms with van der Waals surface area (Å²) in [6.07, 6.45) is 2.56. The summed E-state index contributed by atoms with van der Waals surface area (Å²) < 4.78 is 0. The van der Waals surface area contributed by atoms with Crippen molar-refractivity contribution in [3.8, 4) is 0 Å². The molecule has 4 rings (SSSR count). The fourth-order valence-electron chi connectivity index (χ4n) is 3.31. The van der Waals surface area contributed by atoms with E-state index in [1.807, 2.05) is 48.7 Å². The lowest BCUT2D eigenvalue weighted by Crippen LogP contribution is -2.49. The molecule has 98 valence electrons. The molecule has 0 saturated carbocycles. The summed E-state index contributed by atoms with van der Waals surface area (Å²) in [7, 11) is 0. The van der Waals surface area contributed by atoms with E-state index in [-0.39, 0.29) is 11.7 Å². The molecule has 3 nitrogen and oxygen atoms in total. The summed E-state index contributed by atoms with van der Waals surface area (Å²) >= 11 is 0. The van der Waals surface area contributed by atoms with Gasteiger partial charge in [0.15, 0.2) is 5.78 Å². The first-order valence-electron chi connectivity index (χ1n) is 6.79. The number of carbonyl (C=O) groups is 1. The van der Waals surface area contributed by atoms with Crippen LogP contribution in [0, 0.1) is 0 Å². The highest BCUT2D eigenvalue weighted by Gasteiger charge is 2.53. The molecule has 0 bridgehead atoms. The first-order chi connectivity index (χ1) is 9.81. The zero-order valence-electron chi connectivity index (χ0n) is 10.9. The average molecular weight is 262 g/mol. The molecule has 1 aliphatic carbocycles. The number of ketones is 1. The SMILES string of the molecule is O=C1c2ccccc2C[C@]12NN=C[C@H]2c1ccccc1. The van der Waals surface area contributed by atoms with E-state index in [0.717, 1.165) is 16.7 Å². The van der Waals surface area contributed by atoms with E-state index < -0.39 is 5.54 Å². The van der Waals surface area contributed by atoms with E-state index in [1.165, 1.54) is 0 Å². The Morgan fingerprint density at radius 2 is 1.80 bits per heavy atom. The molecular weight excluding hydrogens is 248 g/mol. The van der Waals surface area contributed by atoms with Crippen molar-refractivity contribution in [3.63, 3.8) is 0 Å². The third-order valence-corrected chi connectivity index (χ3v) is 4.31. The van der Waals surface area contributed by atoms with Gasteiger partial charge in [0, 0.05) is 18.2 Å². The second-order valence-electron chi connectivity index (χ2n) is 5.41. The Labute approximate surface area is 117 Å². The molecule has 3 heteroatoms. The molecule has 1 N–H and O–H groups in total. The minimum absolute atomic E-state index is 0.0106. The summed E-state index contributed by atoms with van der Waals surface area (Å²) in [5.74, 6) is 0.142. The summed E-state index contributed by atoms with van der Waals surface area (Å²) in [6.45, 7) is 0. The van der Waals surface area contributed by atoms with Crippen LogP contribution in [-0.2, 0) is 6.42 Å². The molecule has 0 amide bonds. The number of hydrazone groups is 1. The second-order valence-corrected chi connectivity index (χ2v) is 5.41. The Morgan fingerprint density at radius 3 is 2.60 bits per heavy atom. The zero-order valence-corrected chi connectivity index (χ0v) is 10.9. The van der Waals surface area contributed by atoms with Crippen LogP contribution in [0.15, 0.2) is 59.7 Å². The summed E-state index contributed by atoms with van der Waals surface area (Å²) in [5, 5.41) is 4.21. The van der Waals surface area contributed by atoms with Crippen molar-refractivity contribution < 1.29 is 4.79 Å². The van der Waals surface area contributed by atoms with Gasteiger partial charge in [0.1, 0.15) is 5.54 Å². The van der Waals surface area contributed by atoms with Crippen molar-refractivity contribution in [1.82, 2.24) is 5.43 Å². The fraction of sp³-hybridized carbons (Fsp3) is 0.176. The Hall–Kier alpha value is -2.42. The van der Waals surface area contributed by atoms with Crippen molar-refractivity contribution in [3.05, 3.63) is 71.3 Å². The highest BCUT2D eigenvalue weighted by molar-refractivity contribution is 6.11. The Balaban J connectivity index is 1.81. The number of hydrogen-bond donors (Lipinski definition) is 1. The van der Waals surface area contributed by atoms with Crippen molar-refractivity contribution >= 4 is 12.0 Å². The first kappa shape index (κ1) is 11.4. The standard InChI is InChI=1S/C17H14N2O/c20-16-14-9-5-4-8-13(14)10-17(16)15(11-18-19-17)12-6-2-1-3-7-12/h1-9,11,15,19H,10H2/t15-,17+/m0/s1. The lowest BCUT2D eigenvalue weighted by atomic mass is 9.78. The van der Waals surface area contributed by atoms with Crippen LogP contribution in [-0.4, -0.2) is 17.5 Å². The molecule has 0 unspecified atom stereocenters. The van der Waals surface area contributed by atoms with Gasteiger partial charge in [0.05, 0.1) is 5.92 Å². The average Bonchev–Trinajstić information content (AvgIpc) is 3.04. The predicted molar refractivity (Wildman–Crippen MR) is 78.0 cm³/mol. The molecule has 2 aliphatic rings. The molecule has 2 aromatic carbocycles. The van der Waals surface area contributed by atoms with Crippen LogP contribution in [0.1, 0.15) is 27.4 Å². The second kappa shape index (κ2) is 4.04. The molecule has 2 aromatic rings. The maximum absolute atomic E-state index is 12.9. The highest BCUT2D eigenvalue weighted by atomic mass is 16.1. The maximum Gasteiger partial charge on any atom is 0.191 e. The Morgan fingerprint density at radius 1 is 1.05 bits per heavy atom. The van der Waals surface area contributed by atoms with Gasteiger partial charge < -0.3 is 0 Å². The molecule has 0 radical (unpaired) electrons. The van der Waals surface area contributed by atoms with Crippen molar-refractivity contribution in [2.24, 2.45) is 5.10 Å². The Kier molecular flexibility index (Phi) is 2.30. The summed E-state index contributed by atoms with van der Waals surface area (Å²) in [6, 6.07) is 18.0. The van der Waals surface area contributed by atoms with E-state index in [4.69, 9.17) is 0 Å². The predicted octanol–water partition coefficient (Wildman–Crippen LogP) is 2.54. The van der Waals surface area contributed by atoms with E-state index >= 15 is 0 Å². The van der Waals surface area contributed by atoms with Crippen molar-refractivity contribution in [2.45, 2.75) is 17.9 Å². The van der Waals surface area contributed by atoms with Gasteiger partial charge in [0.2, 0.25) is 0 Å². The fourth-order valence-corrected chi connectivity index (χ4v) is 3.31. The topological polar surface area (TPSA) is 41.5 Å². The van der Waals surface area contributed by atoms with Crippen LogP contribution in [0.2, 0.25) is 0 Å². The van der Waals surface area contributed by atoms with E-state index in [1.54, 1.807) is 0 Å². The van der Waals surface area contributed by atoms with Gasteiger partial charge in [-0.2, -0.15) is 5.10 Å². The molecule has 0 saturated heterocycles. The highest BCUT2D eigenvalue weighted by Crippen LogP contribution is 2.41. The van der Waals surface area contributed by atoms with Crippen molar-refractivity contribution in [1.29, 1.82) is 0 Å². The number of benzene rings is 2. The van der Waals surface area contributed by atoms with Crippen LogP contribution >= 0.6 is 0 Å². The first-order valence-corrected chi connectivity index (χ1v) is 6.79. The number of fused-ring (bicyclic) bond motifs is 1. The van der Waals surface area contributed by atoms with Gasteiger partial charge in [-0.3, -0.25) is 10.2 Å². The van der Waals surface area contributed by atoms with E-state index in [0.29, 0.717) is 6.42 Å². The normalized spacial score (nSPS) is 26.8. The monoisotopic (exact) mass is 262 g/mol. The van der Waals surface area contributed by atoms with E-state index in [9.17, 15) is 4.79 Å². The largest absolute Gasteiger partial charge is 0.295 e. The number of nitrogens with one attached hydrogen (secondary N) is 1. The van der Waals surface area contributed by atoms with Gasteiger partial charge in [-0.15, -0.1) is 0 Å². The molecular formula is C17H14N2O. The third-order valence-electron chi connectivity index (χ3n) is 4.31. The molecule has 20 heavy (non-hydrogen) atoms. The minimum Gasteiger partial charge on any atom is -0.295 e. The summed E-state index contributed by atoms with van der Waals surface area (Å²) in [4.78, 5) is 12.9. The Bertz CT molecular complexity index is 708. The smallest absolute Gasteiger partial charge is 0.191 e. The van der Waals surface area contributed by atoms with Crippen LogP contribution in [0.3, 0.4) is 0 Å².